The molecule has 2 aromatic carbocycles. The van der Waals surface area contributed by atoms with E-state index < -0.39 is 23.9 Å². The maximum atomic E-state index is 11.5. The number of carbonyl (C=O) groups excluding carboxylic acids is 2. The van der Waals surface area contributed by atoms with Gasteiger partial charge in [0.25, 0.3) is 0 Å². The highest BCUT2D eigenvalue weighted by molar-refractivity contribution is 5.95. The molecule has 2 N–H and O–H groups in total. The summed E-state index contributed by atoms with van der Waals surface area (Å²) in [6.07, 6.45) is 6.70. The van der Waals surface area contributed by atoms with Crippen molar-refractivity contribution in [1.82, 2.24) is 0 Å². The molecule has 2 aromatic rings. The number of hydrogen-bond donors (Lipinski definition) is 2. The van der Waals surface area contributed by atoms with E-state index in [9.17, 15) is 19.2 Å². The predicted octanol–water partition coefficient (Wildman–Crippen LogP) is 4.91. The van der Waals surface area contributed by atoms with Crippen LogP contribution in [0, 0.1) is 0 Å². The van der Waals surface area contributed by atoms with Gasteiger partial charge in [-0.05, 0) is 60.4 Å². The van der Waals surface area contributed by atoms with Crippen LogP contribution in [0.15, 0.2) is 87.0 Å². The highest BCUT2D eigenvalue weighted by atomic mass is 16.5. The van der Waals surface area contributed by atoms with Crippen LogP contribution < -0.4 is 0 Å². The summed E-state index contributed by atoms with van der Waals surface area (Å²) in [6, 6.07) is 8.67. The molecule has 0 aliphatic heterocycles. The van der Waals surface area contributed by atoms with Crippen LogP contribution in [-0.4, -0.2) is 47.3 Å². The molecule has 0 bridgehead atoms. The van der Waals surface area contributed by atoms with Gasteiger partial charge in [-0.2, -0.15) is 0 Å². The van der Waals surface area contributed by atoms with Crippen LogP contribution in [0.1, 0.15) is 52.6 Å². The molecule has 0 atom stereocenters. The highest BCUT2D eigenvalue weighted by Crippen LogP contribution is 2.22. The van der Waals surface area contributed by atoms with Gasteiger partial charge in [-0.1, -0.05) is 37.5 Å². The van der Waals surface area contributed by atoms with E-state index in [0.717, 1.165) is 0 Å². The quantitative estimate of drug-likeness (QED) is 0.316. The van der Waals surface area contributed by atoms with Gasteiger partial charge >= 0.3 is 23.9 Å². The molecule has 8 nitrogen and oxygen atoms in total. The van der Waals surface area contributed by atoms with Gasteiger partial charge in [0.2, 0.25) is 0 Å². The Morgan fingerprint density at radius 3 is 1.19 bits per heavy atom. The average Bonchev–Trinajstić information content (AvgIpc) is 2.87. The summed E-state index contributed by atoms with van der Waals surface area (Å²) >= 11 is 0. The minimum absolute atomic E-state index is 0.108. The van der Waals surface area contributed by atoms with E-state index in [0.29, 0.717) is 35.1 Å². The molecule has 8 heteroatoms. The summed E-state index contributed by atoms with van der Waals surface area (Å²) in [5, 5.41) is 18.2. The van der Waals surface area contributed by atoms with Crippen LogP contribution in [0.5, 0.6) is 0 Å². The van der Waals surface area contributed by atoms with Crippen molar-refractivity contribution >= 4 is 23.9 Å². The van der Waals surface area contributed by atoms with Crippen LogP contribution in [-0.2, 0) is 22.3 Å². The van der Waals surface area contributed by atoms with E-state index >= 15 is 0 Å². The number of allylic oxidation sites excluding steroid dienone is 2. The number of rotatable bonds is 12. The first kappa shape index (κ1) is 29.3. The van der Waals surface area contributed by atoms with Crippen LogP contribution in [0.25, 0.3) is 0 Å². The molecule has 0 aliphatic carbocycles. The van der Waals surface area contributed by atoms with Gasteiger partial charge in [0, 0.05) is 0 Å². The van der Waals surface area contributed by atoms with Crippen molar-refractivity contribution < 1.29 is 38.9 Å². The number of benzene rings is 2. The van der Waals surface area contributed by atoms with E-state index in [-0.39, 0.29) is 24.3 Å². The van der Waals surface area contributed by atoms with Crippen LogP contribution in [0.2, 0.25) is 0 Å². The van der Waals surface area contributed by atoms with E-state index in [1.165, 1.54) is 48.6 Å². The SMILES string of the molecule is C=CCOC(=O)c1ccc(C(=O)OCC=C)cc1.C=CCc1c(C(=O)O)ccc(C(=O)O)c1CC=C. The summed E-state index contributed by atoms with van der Waals surface area (Å²) in [5.74, 6) is -3.06. The normalized spacial score (nSPS) is 9.56. The average molecular weight is 493 g/mol. The van der Waals surface area contributed by atoms with E-state index in [1.54, 1.807) is 12.2 Å². The predicted molar refractivity (Wildman–Crippen MR) is 136 cm³/mol. The minimum atomic E-state index is -1.07. The molecule has 0 spiro atoms. The van der Waals surface area contributed by atoms with Crippen LogP contribution in [0.3, 0.4) is 0 Å². The maximum Gasteiger partial charge on any atom is 0.338 e. The molecule has 0 saturated carbocycles. The van der Waals surface area contributed by atoms with Gasteiger partial charge < -0.3 is 19.7 Å². The van der Waals surface area contributed by atoms with E-state index in [4.69, 9.17) is 19.7 Å². The zero-order valence-corrected chi connectivity index (χ0v) is 19.8. The summed E-state index contributed by atoms with van der Waals surface area (Å²) < 4.78 is 9.71. The largest absolute Gasteiger partial charge is 0.478 e. The smallest absolute Gasteiger partial charge is 0.338 e. The molecule has 0 aromatic heterocycles. The van der Waals surface area contributed by atoms with Gasteiger partial charge in [0.15, 0.2) is 0 Å². The molecule has 0 aliphatic rings. The van der Waals surface area contributed by atoms with Gasteiger partial charge in [0.05, 0.1) is 22.3 Å². The zero-order valence-electron chi connectivity index (χ0n) is 19.8. The second-order valence-electron chi connectivity index (χ2n) is 7.07. The zero-order chi connectivity index (χ0) is 27.1. The van der Waals surface area contributed by atoms with Crippen LogP contribution >= 0.6 is 0 Å². The Kier molecular flexibility index (Phi) is 12.4. The van der Waals surface area contributed by atoms with Gasteiger partial charge in [-0.3, -0.25) is 0 Å². The molecule has 0 fully saturated rings. The molecule has 36 heavy (non-hydrogen) atoms. The monoisotopic (exact) mass is 492 g/mol. The number of carboxylic acids is 2. The Labute approximate surface area is 209 Å². The third-order valence-electron chi connectivity index (χ3n) is 4.61. The van der Waals surface area contributed by atoms with Crippen molar-refractivity contribution in [2.75, 3.05) is 13.2 Å². The van der Waals surface area contributed by atoms with Crippen molar-refractivity contribution in [3.8, 4) is 0 Å². The summed E-state index contributed by atoms with van der Waals surface area (Å²) in [4.78, 5) is 45.2. The first-order valence-electron chi connectivity index (χ1n) is 10.7. The molecule has 188 valence electrons. The van der Waals surface area contributed by atoms with Crippen molar-refractivity contribution in [3.63, 3.8) is 0 Å². The maximum absolute atomic E-state index is 11.5. The third-order valence-corrected chi connectivity index (χ3v) is 4.61. The standard InChI is InChI=1S/2C14H14O4/c1-3-9-17-13(15)11-5-7-12(8-6-11)14(16)18-10-4-2;1-3-5-9-10(6-4-2)12(14(17)18)8-7-11(9)13(15)16/h3-8H,1-2,9-10H2;3-4,7-8H,1-2,5-6H2,(H,15,16)(H,17,18). The number of carbonyl (C=O) groups is 4. The molecule has 0 radical (unpaired) electrons. The molecular formula is C28H28O8. The van der Waals surface area contributed by atoms with E-state index in [2.05, 4.69) is 26.3 Å². The Bertz CT molecular complexity index is 1050. The first-order valence-corrected chi connectivity index (χ1v) is 10.7. The van der Waals surface area contributed by atoms with Crippen molar-refractivity contribution in [2.24, 2.45) is 0 Å². The Morgan fingerprint density at radius 1 is 0.611 bits per heavy atom. The lowest BCUT2D eigenvalue weighted by Gasteiger charge is -2.13. The molecule has 0 amide bonds. The van der Waals surface area contributed by atoms with Crippen molar-refractivity contribution in [3.05, 3.63) is 120 Å². The second-order valence-corrected chi connectivity index (χ2v) is 7.07. The number of carboxylic acid groups (broad SMARTS) is 2. The number of aromatic carboxylic acids is 2. The summed E-state index contributed by atoms with van der Waals surface area (Å²) in [6.45, 7) is 14.3. The number of ether oxygens (including phenoxy) is 2. The fourth-order valence-electron chi connectivity index (χ4n) is 3.03. The highest BCUT2D eigenvalue weighted by Gasteiger charge is 2.19. The lowest BCUT2D eigenvalue weighted by molar-refractivity contribution is 0.0535. The number of esters is 2. The topological polar surface area (TPSA) is 127 Å². The lowest BCUT2D eigenvalue weighted by Crippen LogP contribution is -2.11. The first-order chi connectivity index (χ1) is 17.2. The molecule has 2 rings (SSSR count). The Balaban J connectivity index is 0.000000360. The Hall–Kier alpha value is -4.72. The molecule has 0 unspecified atom stereocenters. The lowest BCUT2D eigenvalue weighted by atomic mass is 9.91. The fraction of sp³-hybridized carbons (Fsp3) is 0.143. The van der Waals surface area contributed by atoms with E-state index in [1.807, 2.05) is 0 Å². The molecule has 0 heterocycles. The minimum Gasteiger partial charge on any atom is -0.478 e. The van der Waals surface area contributed by atoms with Gasteiger partial charge in [-0.15, -0.1) is 13.2 Å². The Morgan fingerprint density at radius 2 is 0.944 bits per heavy atom. The third kappa shape index (κ3) is 8.57. The number of hydrogen-bond acceptors (Lipinski definition) is 6. The fourth-order valence-corrected chi connectivity index (χ4v) is 3.03. The molecule has 0 saturated heterocycles. The summed E-state index contributed by atoms with van der Waals surface area (Å²) in [7, 11) is 0. The van der Waals surface area contributed by atoms with Crippen molar-refractivity contribution in [2.45, 2.75) is 12.8 Å². The summed E-state index contributed by atoms with van der Waals surface area (Å²) in [5.41, 5.74) is 1.93. The van der Waals surface area contributed by atoms with Gasteiger partial charge in [-0.25, -0.2) is 19.2 Å². The van der Waals surface area contributed by atoms with Crippen molar-refractivity contribution in [1.29, 1.82) is 0 Å². The van der Waals surface area contributed by atoms with Gasteiger partial charge in [0.1, 0.15) is 13.2 Å². The molecular weight excluding hydrogens is 464 g/mol. The van der Waals surface area contributed by atoms with Crippen LogP contribution in [0.4, 0.5) is 0 Å². The second kappa shape index (κ2) is 15.2.